The van der Waals surface area contributed by atoms with Crippen molar-refractivity contribution < 1.29 is 26.3 Å². The lowest BCUT2D eigenvalue weighted by molar-refractivity contribution is -0.132. The van der Waals surface area contributed by atoms with Gasteiger partial charge in [-0.05, 0) is 20.8 Å². The predicted molar refractivity (Wildman–Crippen MR) is 94.7 cm³/mol. The van der Waals surface area contributed by atoms with Gasteiger partial charge in [-0.1, -0.05) is 0 Å². The van der Waals surface area contributed by atoms with E-state index >= 15 is 0 Å². The molecule has 1 aliphatic rings. The lowest BCUT2D eigenvalue weighted by Gasteiger charge is -2.36. The Balaban J connectivity index is 2.57. The molecule has 0 saturated carbocycles. The highest BCUT2D eigenvalue weighted by molar-refractivity contribution is 7.89. The van der Waals surface area contributed by atoms with Crippen LogP contribution < -0.4 is 5.32 Å². The van der Waals surface area contributed by atoms with Crippen LogP contribution in [-0.2, 0) is 14.8 Å². The minimum Gasteiger partial charge on any atom is -0.378 e. The molecule has 0 amide bonds. The topological polar surface area (TPSA) is 74.2 Å². The predicted octanol–water partition coefficient (Wildman–Crippen LogP) is 1.28. The van der Waals surface area contributed by atoms with E-state index in [0.717, 1.165) is 0 Å². The molecule has 0 aromatic carbocycles. The zero-order valence-corrected chi connectivity index (χ0v) is 16.4. The Morgan fingerprint density at radius 1 is 1.23 bits per heavy atom. The number of hydrogen-bond donors (Lipinski definition) is 1. The highest BCUT2D eigenvalue weighted by atomic mass is 32.2. The summed E-state index contributed by atoms with van der Waals surface area (Å²) in [6.45, 7) is 7.12. The van der Waals surface area contributed by atoms with Gasteiger partial charge in [0.2, 0.25) is 10.0 Å². The van der Waals surface area contributed by atoms with Crippen molar-refractivity contribution in [3.63, 3.8) is 0 Å². The van der Waals surface area contributed by atoms with Crippen molar-refractivity contribution in [2.45, 2.75) is 39.5 Å². The standard InChI is InChI=1S/C15H29F3N4O3S/c1-4-19-14(20-6-5-15(16,17)18)21-7-9-22(10-8-21)26(23,24)12-11-25-13(2)3/h13H,4-12H2,1-3H3,(H,19,20). The van der Waals surface area contributed by atoms with Gasteiger partial charge in [0, 0.05) is 32.7 Å². The molecule has 7 nitrogen and oxygen atoms in total. The van der Waals surface area contributed by atoms with Crippen LogP contribution in [0.5, 0.6) is 0 Å². The van der Waals surface area contributed by atoms with Gasteiger partial charge in [-0.25, -0.2) is 8.42 Å². The Labute approximate surface area is 153 Å². The van der Waals surface area contributed by atoms with Gasteiger partial charge in [-0.3, -0.25) is 4.99 Å². The molecular weight excluding hydrogens is 373 g/mol. The van der Waals surface area contributed by atoms with E-state index in [-0.39, 0.29) is 38.1 Å². The van der Waals surface area contributed by atoms with E-state index in [4.69, 9.17) is 4.74 Å². The third kappa shape index (κ3) is 8.54. The van der Waals surface area contributed by atoms with Crippen LogP contribution in [0, 0.1) is 0 Å². The number of sulfonamides is 1. The zero-order valence-electron chi connectivity index (χ0n) is 15.5. The minimum atomic E-state index is -4.24. The van der Waals surface area contributed by atoms with Crippen molar-refractivity contribution in [1.29, 1.82) is 0 Å². The molecule has 1 rings (SSSR count). The first kappa shape index (κ1) is 23.0. The van der Waals surface area contributed by atoms with Crippen LogP contribution in [0.4, 0.5) is 13.2 Å². The van der Waals surface area contributed by atoms with E-state index in [1.165, 1.54) is 4.31 Å². The van der Waals surface area contributed by atoms with Gasteiger partial charge in [-0.2, -0.15) is 17.5 Å². The SMILES string of the molecule is CCNC(=NCCC(F)(F)F)N1CCN(S(=O)(=O)CCOC(C)C)CC1. The van der Waals surface area contributed by atoms with Gasteiger partial charge in [0.1, 0.15) is 0 Å². The Hall–Kier alpha value is -1.07. The summed E-state index contributed by atoms with van der Waals surface area (Å²) in [5.74, 6) is 0.308. The number of aliphatic imine (C=N–C) groups is 1. The molecule has 0 spiro atoms. The van der Waals surface area contributed by atoms with Gasteiger partial charge < -0.3 is 15.0 Å². The highest BCUT2D eigenvalue weighted by Crippen LogP contribution is 2.19. The quantitative estimate of drug-likeness (QED) is 0.489. The first-order valence-electron chi connectivity index (χ1n) is 8.74. The zero-order chi connectivity index (χ0) is 19.8. The molecule has 1 N–H and O–H groups in total. The number of alkyl halides is 3. The highest BCUT2D eigenvalue weighted by Gasteiger charge is 2.29. The molecule has 0 radical (unpaired) electrons. The second kappa shape index (κ2) is 10.3. The lowest BCUT2D eigenvalue weighted by Crippen LogP contribution is -2.54. The fourth-order valence-corrected chi connectivity index (χ4v) is 3.70. The molecule has 1 fully saturated rings. The summed E-state index contributed by atoms with van der Waals surface area (Å²) < 4.78 is 68.2. The molecule has 11 heteroatoms. The third-order valence-electron chi connectivity index (χ3n) is 3.72. The largest absolute Gasteiger partial charge is 0.390 e. The Morgan fingerprint density at radius 2 is 1.85 bits per heavy atom. The third-order valence-corrected chi connectivity index (χ3v) is 5.55. The van der Waals surface area contributed by atoms with E-state index in [1.807, 2.05) is 20.8 Å². The summed E-state index contributed by atoms with van der Waals surface area (Å²) in [6, 6.07) is 0. The fourth-order valence-electron chi connectivity index (χ4n) is 2.41. The molecule has 0 aromatic heterocycles. The Morgan fingerprint density at radius 3 is 2.35 bits per heavy atom. The van der Waals surface area contributed by atoms with Crippen molar-refractivity contribution in [2.24, 2.45) is 4.99 Å². The van der Waals surface area contributed by atoms with Crippen LogP contribution in [-0.4, -0.2) is 87.5 Å². The van der Waals surface area contributed by atoms with Crippen LogP contribution in [0.1, 0.15) is 27.2 Å². The van der Waals surface area contributed by atoms with Crippen molar-refractivity contribution in [3.05, 3.63) is 0 Å². The van der Waals surface area contributed by atoms with Crippen LogP contribution in [0.15, 0.2) is 4.99 Å². The fraction of sp³-hybridized carbons (Fsp3) is 0.933. The maximum Gasteiger partial charge on any atom is 0.390 e. The Bertz CT molecular complexity index is 545. The molecule has 0 atom stereocenters. The van der Waals surface area contributed by atoms with E-state index in [1.54, 1.807) is 4.90 Å². The average Bonchev–Trinajstić information content (AvgIpc) is 2.52. The lowest BCUT2D eigenvalue weighted by atomic mass is 10.4. The number of nitrogens with one attached hydrogen (secondary N) is 1. The van der Waals surface area contributed by atoms with Gasteiger partial charge >= 0.3 is 6.18 Å². The summed E-state index contributed by atoms with van der Waals surface area (Å²) in [6.07, 6.45) is -5.25. The second-order valence-corrected chi connectivity index (χ2v) is 8.31. The van der Waals surface area contributed by atoms with Crippen LogP contribution in [0.2, 0.25) is 0 Å². The smallest absolute Gasteiger partial charge is 0.378 e. The Kier molecular flexibility index (Phi) is 9.11. The maximum absolute atomic E-state index is 12.3. The number of nitrogens with zero attached hydrogens (tertiary/aromatic N) is 3. The first-order valence-corrected chi connectivity index (χ1v) is 10.4. The normalized spacial score (nSPS) is 17.8. The van der Waals surface area contributed by atoms with E-state index in [9.17, 15) is 21.6 Å². The van der Waals surface area contributed by atoms with Crippen LogP contribution in [0.25, 0.3) is 0 Å². The molecule has 0 unspecified atom stereocenters. The van der Waals surface area contributed by atoms with Crippen LogP contribution in [0.3, 0.4) is 0 Å². The maximum atomic E-state index is 12.3. The molecule has 0 aromatic rings. The molecular formula is C15H29F3N4O3S. The number of ether oxygens (including phenoxy) is 1. The molecule has 0 bridgehead atoms. The second-order valence-electron chi connectivity index (χ2n) is 6.22. The molecule has 1 heterocycles. The average molecular weight is 402 g/mol. The van der Waals surface area contributed by atoms with Gasteiger partial charge in [-0.15, -0.1) is 0 Å². The molecule has 0 aliphatic carbocycles. The summed E-state index contributed by atoms with van der Waals surface area (Å²) in [4.78, 5) is 5.79. The van der Waals surface area contributed by atoms with Gasteiger partial charge in [0.15, 0.2) is 5.96 Å². The van der Waals surface area contributed by atoms with Gasteiger partial charge in [0.05, 0.1) is 31.4 Å². The number of hydrogen-bond acceptors (Lipinski definition) is 4. The van der Waals surface area contributed by atoms with E-state index < -0.39 is 22.6 Å². The van der Waals surface area contributed by atoms with Crippen molar-refractivity contribution in [2.75, 3.05) is 51.6 Å². The number of piperazine rings is 1. The minimum absolute atomic E-state index is 0.0300. The summed E-state index contributed by atoms with van der Waals surface area (Å²) in [5.41, 5.74) is 0. The molecule has 26 heavy (non-hydrogen) atoms. The van der Waals surface area contributed by atoms with Gasteiger partial charge in [0.25, 0.3) is 0 Å². The number of guanidine groups is 1. The van der Waals surface area contributed by atoms with Crippen LogP contribution >= 0.6 is 0 Å². The summed E-state index contributed by atoms with van der Waals surface area (Å²) in [5, 5.41) is 2.96. The number of halogens is 3. The molecule has 1 aliphatic heterocycles. The molecule has 154 valence electrons. The number of rotatable bonds is 8. The first-order chi connectivity index (χ1) is 12.0. The monoisotopic (exact) mass is 402 g/mol. The van der Waals surface area contributed by atoms with E-state index in [0.29, 0.717) is 25.6 Å². The summed E-state index contributed by atoms with van der Waals surface area (Å²) >= 11 is 0. The van der Waals surface area contributed by atoms with Crippen molar-refractivity contribution in [3.8, 4) is 0 Å². The summed E-state index contributed by atoms with van der Waals surface area (Å²) in [7, 11) is -3.40. The van der Waals surface area contributed by atoms with Crippen molar-refractivity contribution in [1.82, 2.24) is 14.5 Å². The molecule has 1 saturated heterocycles. The van der Waals surface area contributed by atoms with E-state index in [2.05, 4.69) is 10.3 Å². The van der Waals surface area contributed by atoms with Crippen molar-refractivity contribution >= 4 is 16.0 Å².